The van der Waals surface area contributed by atoms with Gasteiger partial charge in [0.2, 0.25) is 5.91 Å². The van der Waals surface area contributed by atoms with Gasteiger partial charge >= 0.3 is 0 Å². The van der Waals surface area contributed by atoms with Crippen LogP contribution in [0.4, 0.5) is 5.82 Å². The van der Waals surface area contributed by atoms with Gasteiger partial charge in [-0.25, -0.2) is 9.97 Å². The first-order valence-corrected chi connectivity index (χ1v) is 13.8. The summed E-state index contributed by atoms with van der Waals surface area (Å²) >= 11 is 1.53. The molecule has 9 nitrogen and oxygen atoms in total. The molecule has 0 aliphatic carbocycles. The van der Waals surface area contributed by atoms with E-state index in [1.807, 2.05) is 6.07 Å². The van der Waals surface area contributed by atoms with Crippen molar-refractivity contribution in [2.24, 2.45) is 0 Å². The highest BCUT2D eigenvalue weighted by Crippen LogP contribution is 2.29. The molecule has 0 saturated carbocycles. The topological polar surface area (TPSA) is 86.0 Å². The van der Waals surface area contributed by atoms with E-state index in [1.165, 1.54) is 11.8 Å². The van der Waals surface area contributed by atoms with E-state index in [9.17, 15) is 9.59 Å². The standard InChI is InChI=1S/C26H38N6O3S/c1-6-29-9-11-31(12-10-29)23-17-22(26(3,4)5)27-25(28-23)36-18-20-7-8-21(35-20)24(34)32-15-13-30(14-16-32)19(2)33/h7-8,17H,6,9-16,18H2,1-5H3. The Hall–Kier alpha value is -2.59. The van der Waals surface area contributed by atoms with Crippen LogP contribution in [0.5, 0.6) is 0 Å². The molecule has 4 heterocycles. The number of carbonyl (C=O) groups excluding carboxylic acids is 2. The molecule has 0 unspecified atom stereocenters. The van der Waals surface area contributed by atoms with E-state index in [0.29, 0.717) is 43.5 Å². The van der Waals surface area contributed by atoms with E-state index in [0.717, 1.165) is 49.4 Å². The zero-order valence-electron chi connectivity index (χ0n) is 22.1. The molecule has 2 fully saturated rings. The molecular formula is C26H38N6O3S. The summed E-state index contributed by atoms with van der Waals surface area (Å²) in [5.74, 6) is 2.49. The van der Waals surface area contributed by atoms with Crippen molar-refractivity contribution in [1.82, 2.24) is 24.7 Å². The van der Waals surface area contributed by atoms with Gasteiger partial charge in [0.1, 0.15) is 11.6 Å². The molecule has 0 aromatic carbocycles. The van der Waals surface area contributed by atoms with E-state index >= 15 is 0 Å². The number of carbonyl (C=O) groups is 2. The lowest BCUT2D eigenvalue weighted by atomic mass is 9.92. The van der Waals surface area contributed by atoms with Crippen LogP contribution in [0.25, 0.3) is 0 Å². The second-order valence-corrected chi connectivity index (χ2v) is 11.4. The maximum Gasteiger partial charge on any atom is 0.289 e. The van der Waals surface area contributed by atoms with Crippen LogP contribution in [-0.4, -0.2) is 95.4 Å². The summed E-state index contributed by atoms with van der Waals surface area (Å²) in [7, 11) is 0. The van der Waals surface area contributed by atoms with Gasteiger partial charge in [-0.05, 0) is 18.7 Å². The summed E-state index contributed by atoms with van der Waals surface area (Å²) in [6.45, 7) is 17.5. The summed E-state index contributed by atoms with van der Waals surface area (Å²) < 4.78 is 5.90. The first-order chi connectivity index (χ1) is 17.1. The van der Waals surface area contributed by atoms with Gasteiger partial charge in [0.15, 0.2) is 10.9 Å². The Kier molecular flexibility index (Phi) is 8.24. The third kappa shape index (κ3) is 6.39. The molecular weight excluding hydrogens is 476 g/mol. The van der Waals surface area contributed by atoms with E-state index in [4.69, 9.17) is 14.4 Å². The van der Waals surface area contributed by atoms with E-state index in [-0.39, 0.29) is 17.2 Å². The van der Waals surface area contributed by atoms with Crippen molar-refractivity contribution < 1.29 is 14.0 Å². The molecule has 0 spiro atoms. The van der Waals surface area contributed by atoms with Crippen LogP contribution in [0.15, 0.2) is 27.8 Å². The van der Waals surface area contributed by atoms with E-state index in [2.05, 4.69) is 43.6 Å². The van der Waals surface area contributed by atoms with Gasteiger partial charge in [-0.15, -0.1) is 0 Å². The van der Waals surface area contributed by atoms with Gasteiger partial charge in [0, 0.05) is 70.8 Å². The number of anilines is 1. The van der Waals surface area contributed by atoms with Crippen LogP contribution in [0.3, 0.4) is 0 Å². The highest BCUT2D eigenvalue weighted by atomic mass is 32.2. The van der Waals surface area contributed by atoms with Crippen LogP contribution in [-0.2, 0) is 16.0 Å². The van der Waals surface area contributed by atoms with Crippen LogP contribution in [0, 0.1) is 0 Å². The van der Waals surface area contributed by atoms with Gasteiger partial charge in [0.25, 0.3) is 5.91 Å². The van der Waals surface area contributed by atoms with Crippen molar-refractivity contribution in [2.45, 2.75) is 50.9 Å². The van der Waals surface area contributed by atoms with Crippen molar-refractivity contribution in [3.05, 3.63) is 35.4 Å². The number of thioether (sulfide) groups is 1. The lowest BCUT2D eigenvalue weighted by Gasteiger charge is -2.35. The smallest absolute Gasteiger partial charge is 0.289 e. The van der Waals surface area contributed by atoms with Gasteiger partial charge in [0.05, 0.1) is 11.4 Å². The summed E-state index contributed by atoms with van der Waals surface area (Å²) in [4.78, 5) is 42.5. The Labute approximate surface area is 218 Å². The Bertz CT molecular complexity index is 1070. The van der Waals surface area contributed by atoms with Crippen molar-refractivity contribution in [1.29, 1.82) is 0 Å². The van der Waals surface area contributed by atoms with Gasteiger partial charge in [-0.1, -0.05) is 39.5 Å². The maximum atomic E-state index is 12.9. The number of furan rings is 1. The minimum atomic E-state index is -0.131. The fraction of sp³-hybridized carbons (Fsp3) is 0.615. The van der Waals surface area contributed by atoms with Crippen LogP contribution in [0.2, 0.25) is 0 Å². The maximum absolute atomic E-state index is 12.9. The zero-order valence-corrected chi connectivity index (χ0v) is 22.9. The average Bonchev–Trinajstić information content (AvgIpc) is 3.35. The molecule has 196 valence electrons. The Balaban J connectivity index is 1.41. The number of hydrogen-bond donors (Lipinski definition) is 0. The largest absolute Gasteiger partial charge is 0.455 e. The molecule has 2 aliphatic heterocycles. The quantitative estimate of drug-likeness (QED) is 0.429. The third-order valence-electron chi connectivity index (χ3n) is 6.83. The molecule has 2 amide bonds. The lowest BCUT2D eigenvalue weighted by molar-refractivity contribution is -0.130. The summed E-state index contributed by atoms with van der Waals surface area (Å²) in [5, 5.41) is 0.722. The summed E-state index contributed by atoms with van der Waals surface area (Å²) in [5.41, 5.74) is 0.933. The van der Waals surface area contributed by atoms with Crippen molar-refractivity contribution in [3.8, 4) is 0 Å². The fourth-order valence-electron chi connectivity index (χ4n) is 4.40. The van der Waals surface area contributed by atoms with Crippen LogP contribution >= 0.6 is 11.8 Å². The minimum absolute atomic E-state index is 0.0449. The monoisotopic (exact) mass is 514 g/mol. The molecule has 0 atom stereocenters. The number of aromatic nitrogens is 2. The molecule has 4 rings (SSSR count). The van der Waals surface area contributed by atoms with E-state index in [1.54, 1.807) is 22.8 Å². The van der Waals surface area contributed by atoms with E-state index < -0.39 is 0 Å². The second-order valence-electron chi connectivity index (χ2n) is 10.4. The van der Waals surface area contributed by atoms with Crippen LogP contribution in [0.1, 0.15) is 56.6 Å². The number of piperazine rings is 2. The van der Waals surface area contributed by atoms with Crippen LogP contribution < -0.4 is 4.90 Å². The molecule has 2 aromatic rings. The molecule has 2 saturated heterocycles. The SMILES string of the molecule is CCN1CCN(c2cc(C(C)(C)C)nc(SCc3ccc(C(=O)N4CCN(C(C)=O)CC4)o3)n2)CC1. The Morgan fingerprint density at radius 1 is 0.972 bits per heavy atom. The molecule has 0 radical (unpaired) electrons. The van der Waals surface area contributed by atoms with Gasteiger partial charge in [-0.2, -0.15) is 0 Å². The first kappa shape index (κ1) is 26.5. The third-order valence-corrected chi connectivity index (χ3v) is 7.70. The highest BCUT2D eigenvalue weighted by molar-refractivity contribution is 7.98. The number of likely N-dealkylation sites (N-methyl/N-ethyl adjacent to an activating group) is 1. The number of nitrogens with zero attached hydrogens (tertiary/aromatic N) is 6. The van der Waals surface area contributed by atoms with Crippen molar-refractivity contribution >= 4 is 29.4 Å². The predicted molar refractivity (Wildman–Crippen MR) is 141 cm³/mol. The molecule has 36 heavy (non-hydrogen) atoms. The predicted octanol–water partition coefficient (Wildman–Crippen LogP) is 3.11. The molecule has 0 N–H and O–H groups in total. The molecule has 2 aliphatic rings. The summed E-state index contributed by atoms with van der Waals surface area (Å²) in [6, 6.07) is 5.71. The fourth-order valence-corrected chi connectivity index (χ4v) is 5.15. The van der Waals surface area contributed by atoms with Gasteiger partial charge in [-0.3, -0.25) is 9.59 Å². The Morgan fingerprint density at radius 2 is 1.64 bits per heavy atom. The minimum Gasteiger partial charge on any atom is -0.455 e. The number of rotatable bonds is 6. The Morgan fingerprint density at radius 3 is 2.25 bits per heavy atom. The molecule has 2 aromatic heterocycles. The zero-order chi connectivity index (χ0) is 25.9. The number of amides is 2. The highest BCUT2D eigenvalue weighted by Gasteiger charge is 2.26. The molecule has 10 heteroatoms. The second kappa shape index (κ2) is 11.2. The average molecular weight is 515 g/mol. The summed E-state index contributed by atoms with van der Waals surface area (Å²) in [6.07, 6.45) is 0. The normalized spacial score (nSPS) is 17.5. The lowest BCUT2D eigenvalue weighted by Crippen LogP contribution is -2.50. The van der Waals surface area contributed by atoms with Gasteiger partial charge < -0.3 is 24.0 Å². The number of hydrogen-bond acceptors (Lipinski definition) is 8. The van der Waals surface area contributed by atoms with Crippen molar-refractivity contribution in [2.75, 3.05) is 63.8 Å². The molecule has 0 bridgehead atoms. The van der Waals surface area contributed by atoms with Crippen molar-refractivity contribution in [3.63, 3.8) is 0 Å². The first-order valence-electron chi connectivity index (χ1n) is 12.8.